The van der Waals surface area contributed by atoms with Gasteiger partial charge < -0.3 is 19.2 Å². The summed E-state index contributed by atoms with van der Waals surface area (Å²) >= 11 is 6.17. The smallest absolute Gasteiger partial charge is 0.290 e. The van der Waals surface area contributed by atoms with E-state index in [4.69, 9.17) is 20.8 Å². The molecule has 0 spiro atoms. The molecular weight excluding hydrogens is 480 g/mol. The zero-order valence-electron chi connectivity index (χ0n) is 19.9. The van der Waals surface area contributed by atoms with Crippen LogP contribution in [0.4, 0.5) is 0 Å². The molecule has 4 aromatic rings. The largest absolute Gasteiger partial charge is 0.503 e. The number of ether oxygens (including phenoxy) is 1. The van der Waals surface area contributed by atoms with Crippen molar-refractivity contribution in [3.05, 3.63) is 105 Å². The van der Waals surface area contributed by atoms with Crippen molar-refractivity contribution in [3.63, 3.8) is 0 Å². The van der Waals surface area contributed by atoms with Gasteiger partial charge in [-0.05, 0) is 48.7 Å². The van der Waals surface area contributed by atoms with Gasteiger partial charge in [-0.1, -0.05) is 41.4 Å². The highest BCUT2D eigenvalue weighted by Gasteiger charge is 2.44. The quantitative estimate of drug-likeness (QED) is 0.331. The van der Waals surface area contributed by atoms with Gasteiger partial charge in [-0.2, -0.15) is 0 Å². The van der Waals surface area contributed by atoms with Crippen LogP contribution in [0.1, 0.15) is 38.9 Å². The molecule has 1 N–H and O–H groups in total. The summed E-state index contributed by atoms with van der Waals surface area (Å²) in [4.78, 5) is 32.8. The standard InChI is InChI=1S/C28H23ClN2O5/c1-15-6-7-16(2)19(9-15)14-31-24(17-5-4-8-30-13-17)23(26(33)28(31)34)25(32)21-11-18-10-20(29)12-22(35-3)27(18)36-21/h4-13,24,33H,14H2,1-3H3. The normalized spacial score (nSPS) is 15.7. The first kappa shape index (κ1) is 23.6. The van der Waals surface area contributed by atoms with Gasteiger partial charge in [0.15, 0.2) is 22.9 Å². The summed E-state index contributed by atoms with van der Waals surface area (Å²) in [5.41, 5.74) is 3.84. The van der Waals surface area contributed by atoms with Gasteiger partial charge in [-0.15, -0.1) is 0 Å². The third kappa shape index (κ3) is 4.01. The highest BCUT2D eigenvalue weighted by Crippen LogP contribution is 2.41. The number of carbonyl (C=O) groups is 2. The van der Waals surface area contributed by atoms with E-state index >= 15 is 0 Å². The fourth-order valence-electron chi connectivity index (χ4n) is 4.57. The molecule has 0 aliphatic carbocycles. The number of pyridine rings is 1. The number of benzene rings is 2. The Bertz CT molecular complexity index is 1540. The van der Waals surface area contributed by atoms with Crippen LogP contribution in [0.25, 0.3) is 11.0 Å². The van der Waals surface area contributed by atoms with Crippen LogP contribution >= 0.6 is 11.6 Å². The molecule has 7 nitrogen and oxygen atoms in total. The average molecular weight is 503 g/mol. The van der Waals surface area contributed by atoms with Crippen molar-refractivity contribution < 1.29 is 23.8 Å². The number of halogens is 1. The molecule has 3 heterocycles. The van der Waals surface area contributed by atoms with Gasteiger partial charge in [0.25, 0.3) is 5.91 Å². The van der Waals surface area contributed by atoms with E-state index in [-0.39, 0.29) is 17.9 Å². The molecule has 0 saturated heterocycles. The number of fused-ring (bicyclic) bond motifs is 1. The molecule has 0 fully saturated rings. The predicted octanol–water partition coefficient (Wildman–Crippen LogP) is 5.89. The van der Waals surface area contributed by atoms with E-state index in [1.807, 2.05) is 32.0 Å². The molecule has 36 heavy (non-hydrogen) atoms. The summed E-state index contributed by atoms with van der Waals surface area (Å²) in [5, 5.41) is 12.0. The Morgan fingerprint density at radius 1 is 1.19 bits per heavy atom. The zero-order valence-corrected chi connectivity index (χ0v) is 20.7. The van der Waals surface area contributed by atoms with E-state index in [2.05, 4.69) is 4.98 Å². The molecule has 2 aromatic carbocycles. The summed E-state index contributed by atoms with van der Waals surface area (Å²) in [7, 11) is 1.47. The third-order valence-corrected chi connectivity index (χ3v) is 6.60. The minimum atomic E-state index is -0.850. The van der Waals surface area contributed by atoms with Gasteiger partial charge in [0, 0.05) is 35.4 Å². The number of Topliss-reactive ketones (excluding diaryl/α,β-unsaturated/α-hetero) is 1. The molecule has 0 bridgehead atoms. The Kier molecular flexibility index (Phi) is 6.02. The lowest BCUT2D eigenvalue weighted by atomic mass is 9.95. The number of carbonyl (C=O) groups excluding carboxylic acids is 2. The summed E-state index contributed by atoms with van der Waals surface area (Å²) in [6.45, 7) is 4.14. The summed E-state index contributed by atoms with van der Waals surface area (Å²) in [6, 6.07) is 13.4. The maximum absolute atomic E-state index is 13.8. The molecule has 182 valence electrons. The number of aliphatic hydroxyl groups excluding tert-OH is 1. The van der Waals surface area contributed by atoms with Crippen molar-refractivity contribution in [2.45, 2.75) is 26.4 Å². The first-order valence-electron chi connectivity index (χ1n) is 11.3. The number of hydrogen-bond acceptors (Lipinski definition) is 6. The van der Waals surface area contributed by atoms with Crippen LogP contribution in [-0.2, 0) is 11.3 Å². The lowest BCUT2D eigenvalue weighted by Gasteiger charge is -2.27. The molecule has 8 heteroatoms. The molecule has 1 atom stereocenters. The predicted molar refractivity (Wildman–Crippen MR) is 135 cm³/mol. The number of amides is 1. The molecule has 0 saturated carbocycles. The average Bonchev–Trinajstić information content (AvgIpc) is 3.40. The molecule has 1 unspecified atom stereocenters. The fourth-order valence-corrected chi connectivity index (χ4v) is 4.79. The summed E-state index contributed by atoms with van der Waals surface area (Å²) < 4.78 is 11.2. The Labute approximate surface area is 212 Å². The number of ketones is 1. The molecule has 2 aromatic heterocycles. The minimum Gasteiger partial charge on any atom is -0.503 e. The maximum atomic E-state index is 13.8. The van der Waals surface area contributed by atoms with E-state index in [0.29, 0.717) is 27.3 Å². The maximum Gasteiger partial charge on any atom is 0.290 e. The van der Waals surface area contributed by atoms with Crippen LogP contribution in [0.2, 0.25) is 5.02 Å². The lowest BCUT2D eigenvalue weighted by molar-refractivity contribution is -0.130. The Morgan fingerprint density at radius 3 is 2.72 bits per heavy atom. The van der Waals surface area contributed by atoms with E-state index in [1.54, 1.807) is 36.7 Å². The second-order valence-electron chi connectivity index (χ2n) is 8.78. The summed E-state index contributed by atoms with van der Waals surface area (Å²) in [5.74, 6) is -1.51. The number of hydrogen-bond donors (Lipinski definition) is 1. The highest BCUT2D eigenvalue weighted by molar-refractivity contribution is 6.31. The van der Waals surface area contributed by atoms with Crippen LogP contribution in [0.3, 0.4) is 0 Å². The Morgan fingerprint density at radius 2 is 2.00 bits per heavy atom. The van der Waals surface area contributed by atoms with E-state index in [9.17, 15) is 14.7 Å². The fraction of sp³-hybridized carbons (Fsp3) is 0.179. The SMILES string of the molecule is COc1cc(Cl)cc2cc(C(=O)C3=C(O)C(=O)N(Cc4cc(C)ccc4C)C3c3cccnc3)oc12. The van der Waals surface area contributed by atoms with Crippen molar-refractivity contribution in [2.24, 2.45) is 0 Å². The lowest BCUT2D eigenvalue weighted by Crippen LogP contribution is -2.31. The monoisotopic (exact) mass is 502 g/mol. The summed E-state index contributed by atoms with van der Waals surface area (Å²) in [6.07, 6.45) is 3.19. The molecular formula is C28H23ClN2O5. The van der Waals surface area contributed by atoms with E-state index in [1.165, 1.54) is 18.1 Å². The number of aromatic nitrogens is 1. The number of aliphatic hydroxyl groups is 1. The van der Waals surface area contributed by atoms with Crippen molar-refractivity contribution in [1.82, 2.24) is 9.88 Å². The van der Waals surface area contributed by atoms with Crippen molar-refractivity contribution in [1.29, 1.82) is 0 Å². The van der Waals surface area contributed by atoms with Crippen LogP contribution in [0, 0.1) is 13.8 Å². The van der Waals surface area contributed by atoms with Gasteiger partial charge in [-0.25, -0.2) is 0 Å². The molecule has 5 rings (SSSR count). The number of methoxy groups -OCH3 is 1. The second-order valence-corrected chi connectivity index (χ2v) is 9.22. The number of aryl methyl sites for hydroxylation is 2. The Hall–Kier alpha value is -4.10. The van der Waals surface area contributed by atoms with Crippen LogP contribution in [0.5, 0.6) is 5.75 Å². The van der Waals surface area contributed by atoms with Crippen molar-refractivity contribution in [3.8, 4) is 5.75 Å². The second kappa shape index (κ2) is 9.17. The van der Waals surface area contributed by atoms with E-state index < -0.39 is 23.5 Å². The topological polar surface area (TPSA) is 92.9 Å². The molecule has 1 amide bonds. The molecule has 1 aliphatic heterocycles. The van der Waals surface area contributed by atoms with Gasteiger partial charge in [0.05, 0.1) is 18.7 Å². The Balaban J connectivity index is 1.61. The van der Waals surface area contributed by atoms with Crippen molar-refractivity contribution in [2.75, 3.05) is 7.11 Å². The van der Waals surface area contributed by atoms with E-state index in [0.717, 1.165) is 16.7 Å². The number of furan rings is 1. The first-order valence-corrected chi connectivity index (χ1v) is 11.7. The van der Waals surface area contributed by atoms with Gasteiger partial charge in [0.2, 0.25) is 5.78 Å². The van der Waals surface area contributed by atoms with Gasteiger partial charge in [0.1, 0.15) is 0 Å². The highest BCUT2D eigenvalue weighted by atomic mass is 35.5. The molecule has 0 radical (unpaired) electrons. The van der Waals surface area contributed by atoms with Crippen LogP contribution in [-0.4, -0.2) is 33.8 Å². The number of nitrogens with zero attached hydrogens (tertiary/aromatic N) is 2. The minimum absolute atomic E-state index is 0.0395. The first-order chi connectivity index (χ1) is 17.3. The van der Waals surface area contributed by atoms with Gasteiger partial charge in [-0.3, -0.25) is 14.6 Å². The number of rotatable bonds is 6. The molecule has 1 aliphatic rings. The van der Waals surface area contributed by atoms with Gasteiger partial charge >= 0.3 is 0 Å². The van der Waals surface area contributed by atoms with Crippen LogP contribution in [0.15, 0.2) is 76.7 Å². The van der Waals surface area contributed by atoms with Crippen molar-refractivity contribution >= 4 is 34.3 Å². The third-order valence-electron chi connectivity index (χ3n) is 6.38. The zero-order chi connectivity index (χ0) is 25.6. The van der Waals surface area contributed by atoms with Crippen LogP contribution < -0.4 is 4.74 Å².